The van der Waals surface area contributed by atoms with Crippen LogP contribution in [0.4, 0.5) is 5.13 Å². The number of carbonyl (C=O) groups excluding carboxylic acids is 2. The van der Waals surface area contributed by atoms with Gasteiger partial charge in [-0.2, -0.15) is 0 Å². The smallest absolute Gasteiger partial charge is 0.315 e. The number of anilines is 1. The average Bonchev–Trinajstić information content (AvgIpc) is 2.86. The predicted octanol–water partition coefficient (Wildman–Crippen LogP) is 1.86. The molecule has 1 N–H and O–H groups in total. The molecule has 110 valence electrons. The molecule has 2 heterocycles. The van der Waals surface area contributed by atoms with Gasteiger partial charge in [-0.3, -0.25) is 14.9 Å². The Hall–Kier alpha value is -1.50. The van der Waals surface area contributed by atoms with Crippen LogP contribution in [0.15, 0.2) is 0 Å². The van der Waals surface area contributed by atoms with E-state index in [0.717, 1.165) is 17.8 Å². The summed E-state index contributed by atoms with van der Waals surface area (Å²) in [7, 11) is 0. The molecule has 2 amide bonds. The van der Waals surface area contributed by atoms with Crippen molar-refractivity contribution in [1.29, 1.82) is 0 Å². The molecule has 0 aliphatic carbocycles. The average molecular weight is 296 g/mol. The summed E-state index contributed by atoms with van der Waals surface area (Å²) in [5.41, 5.74) is 0. The minimum atomic E-state index is -0.620. The van der Waals surface area contributed by atoms with Gasteiger partial charge in [0.1, 0.15) is 5.01 Å². The molecule has 0 bridgehead atoms. The van der Waals surface area contributed by atoms with Crippen molar-refractivity contribution in [2.24, 2.45) is 5.92 Å². The topological polar surface area (TPSA) is 75.2 Å². The van der Waals surface area contributed by atoms with Crippen LogP contribution in [0.2, 0.25) is 0 Å². The van der Waals surface area contributed by atoms with Crippen LogP contribution in [-0.2, 0) is 9.59 Å². The largest absolute Gasteiger partial charge is 0.334 e. The van der Waals surface area contributed by atoms with Crippen LogP contribution in [0.3, 0.4) is 0 Å². The zero-order chi connectivity index (χ0) is 14.7. The molecule has 2 rings (SSSR count). The van der Waals surface area contributed by atoms with Gasteiger partial charge in [0.15, 0.2) is 0 Å². The van der Waals surface area contributed by atoms with Crippen LogP contribution < -0.4 is 5.32 Å². The molecule has 0 saturated carbocycles. The molecule has 20 heavy (non-hydrogen) atoms. The minimum Gasteiger partial charge on any atom is -0.334 e. The molecule has 7 heteroatoms. The highest BCUT2D eigenvalue weighted by Gasteiger charge is 2.26. The lowest BCUT2D eigenvalue weighted by Gasteiger charge is -2.30. The molecule has 1 atom stereocenters. The number of piperidine rings is 1. The summed E-state index contributed by atoms with van der Waals surface area (Å²) in [6, 6.07) is 0. The molecule has 0 spiro atoms. The maximum absolute atomic E-state index is 12.1. The van der Waals surface area contributed by atoms with Crippen molar-refractivity contribution < 1.29 is 9.59 Å². The Labute approximate surface area is 122 Å². The van der Waals surface area contributed by atoms with E-state index in [4.69, 9.17) is 0 Å². The lowest BCUT2D eigenvalue weighted by molar-refractivity contribution is -0.144. The summed E-state index contributed by atoms with van der Waals surface area (Å²) >= 11 is 1.31. The molecule has 1 aromatic rings. The van der Waals surface area contributed by atoms with Crippen molar-refractivity contribution in [3.63, 3.8) is 0 Å². The van der Waals surface area contributed by atoms with E-state index < -0.39 is 11.8 Å². The molecule has 0 radical (unpaired) electrons. The summed E-state index contributed by atoms with van der Waals surface area (Å²) in [5, 5.41) is 11.6. The summed E-state index contributed by atoms with van der Waals surface area (Å²) in [6.45, 7) is 7.42. The van der Waals surface area contributed by atoms with E-state index >= 15 is 0 Å². The number of hydrogen-bond donors (Lipinski definition) is 1. The van der Waals surface area contributed by atoms with E-state index in [2.05, 4.69) is 22.4 Å². The van der Waals surface area contributed by atoms with Gasteiger partial charge in [0.25, 0.3) is 0 Å². The maximum atomic E-state index is 12.1. The van der Waals surface area contributed by atoms with Crippen LogP contribution in [0.25, 0.3) is 0 Å². The Balaban J connectivity index is 1.94. The van der Waals surface area contributed by atoms with Crippen LogP contribution in [-0.4, -0.2) is 40.0 Å². The number of carbonyl (C=O) groups is 2. The summed E-state index contributed by atoms with van der Waals surface area (Å²) in [6.07, 6.45) is 2.07. The van der Waals surface area contributed by atoms with Crippen molar-refractivity contribution in [3.05, 3.63) is 5.01 Å². The third kappa shape index (κ3) is 3.53. The SMILES string of the molecule is CC1CCCN(C(=O)C(=O)Nc2nnc(C(C)C)s2)C1. The predicted molar refractivity (Wildman–Crippen MR) is 77.6 cm³/mol. The number of likely N-dealkylation sites (tertiary alicyclic amines) is 1. The molecule has 0 aromatic carbocycles. The number of rotatable bonds is 2. The van der Waals surface area contributed by atoms with Crippen LogP contribution >= 0.6 is 11.3 Å². The van der Waals surface area contributed by atoms with E-state index in [1.54, 1.807) is 4.90 Å². The zero-order valence-corrected chi connectivity index (χ0v) is 12.9. The van der Waals surface area contributed by atoms with Gasteiger partial charge in [0.05, 0.1) is 0 Å². The quantitative estimate of drug-likeness (QED) is 0.845. The molecular weight excluding hydrogens is 276 g/mol. The van der Waals surface area contributed by atoms with Crippen LogP contribution in [0.1, 0.15) is 44.5 Å². The van der Waals surface area contributed by atoms with E-state index in [9.17, 15) is 9.59 Å². The third-order valence-corrected chi connectivity index (χ3v) is 4.43. The second-order valence-corrected chi connectivity index (χ2v) is 6.56. The number of nitrogens with one attached hydrogen (secondary N) is 1. The molecule has 1 unspecified atom stereocenters. The Morgan fingerprint density at radius 3 is 2.75 bits per heavy atom. The molecule has 1 fully saturated rings. The number of amides is 2. The highest BCUT2D eigenvalue weighted by atomic mass is 32.1. The first-order chi connectivity index (χ1) is 9.47. The van der Waals surface area contributed by atoms with Crippen molar-refractivity contribution in [2.45, 2.75) is 39.5 Å². The van der Waals surface area contributed by atoms with E-state index in [1.165, 1.54) is 11.3 Å². The van der Waals surface area contributed by atoms with Crippen LogP contribution in [0, 0.1) is 5.92 Å². The summed E-state index contributed by atoms with van der Waals surface area (Å²) in [5.74, 6) is -0.380. The van der Waals surface area contributed by atoms with Gasteiger partial charge in [-0.05, 0) is 18.8 Å². The third-order valence-electron chi connectivity index (χ3n) is 3.29. The van der Waals surface area contributed by atoms with E-state index in [1.807, 2.05) is 13.8 Å². The maximum Gasteiger partial charge on any atom is 0.315 e. The Morgan fingerprint density at radius 2 is 2.15 bits per heavy atom. The molecule has 1 aliphatic heterocycles. The Morgan fingerprint density at radius 1 is 1.40 bits per heavy atom. The molecule has 1 aliphatic rings. The van der Waals surface area contributed by atoms with Gasteiger partial charge in [0.2, 0.25) is 5.13 Å². The first kappa shape index (κ1) is 14.9. The fraction of sp³-hybridized carbons (Fsp3) is 0.692. The van der Waals surface area contributed by atoms with Gasteiger partial charge in [0, 0.05) is 19.0 Å². The second kappa shape index (κ2) is 6.30. The molecule has 1 aromatic heterocycles. The van der Waals surface area contributed by atoms with Crippen molar-refractivity contribution in [2.75, 3.05) is 18.4 Å². The van der Waals surface area contributed by atoms with Crippen molar-refractivity contribution in [3.8, 4) is 0 Å². The van der Waals surface area contributed by atoms with Gasteiger partial charge in [-0.25, -0.2) is 0 Å². The van der Waals surface area contributed by atoms with Gasteiger partial charge < -0.3 is 4.90 Å². The van der Waals surface area contributed by atoms with Crippen LogP contribution in [0.5, 0.6) is 0 Å². The minimum absolute atomic E-state index is 0.261. The molecule has 1 saturated heterocycles. The second-order valence-electron chi connectivity index (χ2n) is 5.55. The zero-order valence-electron chi connectivity index (χ0n) is 12.0. The first-order valence-electron chi connectivity index (χ1n) is 6.91. The Bertz CT molecular complexity index is 500. The number of hydrogen-bond acceptors (Lipinski definition) is 5. The van der Waals surface area contributed by atoms with E-state index in [0.29, 0.717) is 24.1 Å². The highest BCUT2D eigenvalue weighted by Crippen LogP contribution is 2.22. The lowest BCUT2D eigenvalue weighted by Crippen LogP contribution is -2.44. The summed E-state index contributed by atoms with van der Waals surface area (Å²) < 4.78 is 0. The number of nitrogens with zero attached hydrogens (tertiary/aromatic N) is 3. The fourth-order valence-corrected chi connectivity index (χ4v) is 2.93. The van der Waals surface area contributed by atoms with Crippen molar-refractivity contribution >= 4 is 28.3 Å². The first-order valence-corrected chi connectivity index (χ1v) is 7.72. The number of aromatic nitrogens is 2. The lowest BCUT2D eigenvalue weighted by atomic mass is 10.0. The summed E-state index contributed by atoms with van der Waals surface area (Å²) in [4.78, 5) is 25.6. The van der Waals surface area contributed by atoms with Gasteiger partial charge in [-0.1, -0.05) is 32.1 Å². The van der Waals surface area contributed by atoms with Gasteiger partial charge >= 0.3 is 11.8 Å². The highest BCUT2D eigenvalue weighted by molar-refractivity contribution is 7.15. The molecule has 6 nitrogen and oxygen atoms in total. The molecular formula is C13H20N4O2S. The standard InChI is InChI=1S/C13H20N4O2S/c1-8(2)11-15-16-13(20-11)14-10(18)12(19)17-6-4-5-9(3)7-17/h8-9H,4-7H2,1-3H3,(H,14,16,18). The normalized spacial score (nSPS) is 19.2. The monoisotopic (exact) mass is 296 g/mol. The Kier molecular flexibility index (Phi) is 4.69. The van der Waals surface area contributed by atoms with E-state index in [-0.39, 0.29) is 5.92 Å². The van der Waals surface area contributed by atoms with Gasteiger partial charge in [-0.15, -0.1) is 10.2 Å². The fourth-order valence-electron chi connectivity index (χ4n) is 2.19. The van der Waals surface area contributed by atoms with Crippen molar-refractivity contribution in [1.82, 2.24) is 15.1 Å².